The Bertz CT molecular complexity index is 1220. The molecule has 1 amide bonds. The Labute approximate surface area is 209 Å². The lowest BCUT2D eigenvalue weighted by atomic mass is 9.90. The molecule has 0 radical (unpaired) electrons. The summed E-state index contributed by atoms with van der Waals surface area (Å²) in [6, 6.07) is 24.7. The second-order valence-electron chi connectivity index (χ2n) is 9.36. The number of carbonyl (C=O) groups excluding carboxylic acids is 1. The molecular weight excluding hydrogens is 456 g/mol. The lowest BCUT2D eigenvalue weighted by Gasteiger charge is -2.34. The zero-order chi connectivity index (χ0) is 24.8. The highest BCUT2D eigenvalue weighted by molar-refractivity contribution is 7.92. The second kappa shape index (κ2) is 11.1. The van der Waals surface area contributed by atoms with E-state index in [2.05, 4.69) is 31.2 Å². The van der Waals surface area contributed by atoms with Gasteiger partial charge in [0.25, 0.3) is 10.0 Å². The minimum Gasteiger partial charge on any atom is -0.341 e. The Kier molecular flexibility index (Phi) is 7.91. The molecule has 0 unspecified atom stereocenters. The van der Waals surface area contributed by atoms with Crippen LogP contribution in [0.4, 0.5) is 5.69 Å². The third-order valence-corrected chi connectivity index (χ3v) is 8.64. The number of hydrogen-bond donors (Lipinski definition) is 0. The van der Waals surface area contributed by atoms with Crippen LogP contribution in [0, 0.1) is 12.8 Å². The normalized spacial score (nSPS) is 14.6. The lowest BCUT2D eigenvalue weighted by molar-refractivity contribution is -0.130. The van der Waals surface area contributed by atoms with Crippen LogP contribution in [0.5, 0.6) is 0 Å². The number of amides is 1. The quantitative estimate of drug-likeness (QED) is 0.434. The maximum Gasteiger partial charge on any atom is 0.264 e. The highest BCUT2D eigenvalue weighted by Crippen LogP contribution is 2.26. The van der Waals surface area contributed by atoms with E-state index in [-0.39, 0.29) is 17.3 Å². The molecule has 5 nitrogen and oxygen atoms in total. The molecule has 1 heterocycles. The molecule has 0 saturated carbocycles. The van der Waals surface area contributed by atoms with Gasteiger partial charge in [0, 0.05) is 13.1 Å². The second-order valence-corrected chi connectivity index (χ2v) is 11.2. The van der Waals surface area contributed by atoms with E-state index in [1.165, 1.54) is 9.87 Å². The van der Waals surface area contributed by atoms with E-state index < -0.39 is 10.0 Å². The van der Waals surface area contributed by atoms with Crippen LogP contribution in [0.3, 0.4) is 0 Å². The van der Waals surface area contributed by atoms with Gasteiger partial charge in [-0.15, -0.1) is 0 Å². The molecule has 0 spiro atoms. The molecule has 184 valence electrons. The fourth-order valence-electron chi connectivity index (χ4n) is 4.61. The van der Waals surface area contributed by atoms with Gasteiger partial charge < -0.3 is 4.90 Å². The molecule has 0 atom stereocenters. The molecule has 1 aliphatic rings. The van der Waals surface area contributed by atoms with Gasteiger partial charge in [0.2, 0.25) is 5.91 Å². The highest BCUT2D eigenvalue weighted by Gasteiger charge is 2.30. The molecule has 0 aliphatic carbocycles. The Morgan fingerprint density at radius 1 is 0.886 bits per heavy atom. The van der Waals surface area contributed by atoms with Crippen molar-refractivity contribution in [3.63, 3.8) is 0 Å². The van der Waals surface area contributed by atoms with Crippen molar-refractivity contribution < 1.29 is 13.2 Å². The van der Waals surface area contributed by atoms with Gasteiger partial charge >= 0.3 is 0 Å². The molecule has 3 aromatic carbocycles. The summed E-state index contributed by atoms with van der Waals surface area (Å²) in [6.07, 6.45) is 3.73. The van der Waals surface area contributed by atoms with Gasteiger partial charge in [-0.05, 0) is 73.9 Å². The van der Waals surface area contributed by atoms with Gasteiger partial charge in [0.05, 0.1) is 10.6 Å². The zero-order valence-electron chi connectivity index (χ0n) is 20.6. The van der Waals surface area contributed by atoms with Crippen LogP contribution in [-0.4, -0.2) is 38.9 Å². The van der Waals surface area contributed by atoms with Gasteiger partial charge in [0.1, 0.15) is 6.54 Å². The summed E-state index contributed by atoms with van der Waals surface area (Å²) in [5.41, 5.74) is 3.93. The molecule has 0 aromatic heterocycles. The summed E-state index contributed by atoms with van der Waals surface area (Å²) in [4.78, 5) is 15.3. The predicted molar refractivity (Wildman–Crippen MR) is 141 cm³/mol. The third-order valence-electron chi connectivity index (χ3n) is 6.85. The van der Waals surface area contributed by atoms with E-state index in [1.807, 2.05) is 30.0 Å². The van der Waals surface area contributed by atoms with Crippen molar-refractivity contribution in [2.75, 3.05) is 23.9 Å². The molecule has 0 N–H and O–H groups in total. The number of nitrogens with zero attached hydrogens (tertiary/aromatic N) is 2. The van der Waals surface area contributed by atoms with Gasteiger partial charge in [0.15, 0.2) is 0 Å². The van der Waals surface area contributed by atoms with E-state index >= 15 is 0 Å². The van der Waals surface area contributed by atoms with Crippen molar-refractivity contribution in [1.29, 1.82) is 0 Å². The van der Waals surface area contributed by atoms with Crippen molar-refractivity contribution in [2.24, 2.45) is 5.92 Å². The van der Waals surface area contributed by atoms with Crippen molar-refractivity contribution in [2.45, 2.75) is 44.4 Å². The Morgan fingerprint density at radius 2 is 1.51 bits per heavy atom. The first-order valence-corrected chi connectivity index (χ1v) is 13.8. The summed E-state index contributed by atoms with van der Waals surface area (Å²) in [5, 5.41) is 0. The number of sulfonamides is 1. The van der Waals surface area contributed by atoms with Crippen molar-refractivity contribution in [3.05, 3.63) is 95.6 Å². The Hall–Kier alpha value is -3.12. The van der Waals surface area contributed by atoms with E-state index in [0.29, 0.717) is 24.7 Å². The fourth-order valence-corrected chi connectivity index (χ4v) is 6.02. The van der Waals surface area contributed by atoms with E-state index in [4.69, 9.17) is 0 Å². The fraction of sp³-hybridized carbons (Fsp3) is 0.345. The molecule has 1 saturated heterocycles. The topological polar surface area (TPSA) is 57.7 Å². The highest BCUT2D eigenvalue weighted by atomic mass is 32.2. The van der Waals surface area contributed by atoms with E-state index in [0.717, 1.165) is 36.8 Å². The molecular formula is C29H34N2O3S. The number of benzene rings is 3. The summed E-state index contributed by atoms with van der Waals surface area (Å²) >= 11 is 0. The van der Waals surface area contributed by atoms with Crippen molar-refractivity contribution in [3.8, 4) is 0 Å². The smallest absolute Gasteiger partial charge is 0.264 e. The first kappa shape index (κ1) is 25.0. The standard InChI is InChI=1S/C29H34N2O3S/c1-3-24-11-13-27(14-12-24)31(35(33,34)28-15-9-23(2)10-16-28)22-29(32)30-19-17-26(18-20-30)21-25-7-5-4-6-8-25/h4-16,26H,3,17-22H2,1-2H3. The van der Waals surface area contributed by atoms with Crippen LogP contribution >= 0.6 is 0 Å². The van der Waals surface area contributed by atoms with Crippen molar-refractivity contribution >= 4 is 21.6 Å². The average molecular weight is 491 g/mol. The zero-order valence-corrected chi connectivity index (χ0v) is 21.4. The number of piperidine rings is 1. The van der Waals surface area contributed by atoms with Gasteiger partial charge in [-0.2, -0.15) is 0 Å². The first-order valence-electron chi connectivity index (χ1n) is 12.4. The van der Waals surface area contributed by atoms with Gasteiger partial charge in [-0.25, -0.2) is 8.42 Å². The monoisotopic (exact) mass is 490 g/mol. The van der Waals surface area contributed by atoms with Gasteiger partial charge in [-0.1, -0.05) is 67.1 Å². The number of carbonyl (C=O) groups is 1. The van der Waals surface area contributed by atoms with Crippen LogP contribution in [0.15, 0.2) is 83.8 Å². The first-order chi connectivity index (χ1) is 16.9. The summed E-state index contributed by atoms with van der Waals surface area (Å²) in [6.45, 7) is 5.08. The van der Waals surface area contributed by atoms with Crippen LogP contribution in [0.25, 0.3) is 0 Å². The maximum absolute atomic E-state index is 13.6. The number of hydrogen-bond acceptors (Lipinski definition) is 3. The molecule has 6 heteroatoms. The number of rotatable bonds is 8. The molecule has 3 aromatic rings. The number of likely N-dealkylation sites (tertiary alicyclic amines) is 1. The SMILES string of the molecule is CCc1ccc(N(CC(=O)N2CCC(Cc3ccccc3)CC2)S(=O)(=O)c2ccc(C)cc2)cc1. The molecule has 4 rings (SSSR count). The van der Waals surface area contributed by atoms with Crippen molar-refractivity contribution in [1.82, 2.24) is 4.90 Å². The Morgan fingerprint density at radius 3 is 2.11 bits per heavy atom. The van der Waals surface area contributed by atoms with Crippen LogP contribution in [0.2, 0.25) is 0 Å². The Balaban J connectivity index is 1.49. The summed E-state index contributed by atoms with van der Waals surface area (Å²) in [7, 11) is -3.89. The largest absolute Gasteiger partial charge is 0.341 e. The lowest BCUT2D eigenvalue weighted by Crippen LogP contribution is -2.46. The summed E-state index contributed by atoms with van der Waals surface area (Å²) in [5.74, 6) is 0.383. The third kappa shape index (κ3) is 6.12. The summed E-state index contributed by atoms with van der Waals surface area (Å²) < 4.78 is 28.5. The maximum atomic E-state index is 13.6. The van der Waals surface area contributed by atoms with Crippen LogP contribution in [0.1, 0.15) is 36.5 Å². The number of aryl methyl sites for hydroxylation is 2. The molecule has 1 fully saturated rings. The molecule has 0 bridgehead atoms. The van der Waals surface area contributed by atoms with Crippen LogP contribution < -0.4 is 4.31 Å². The van der Waals surface area contributed by atoms with E-state index in [9.17, 15) is 13.2 Å². The molecule has 1 aliphatic heterocycles. The minimum absolute atomic E-state index is 0.154. The average Bonchev–Trinajstić information content (AvgIpc) is 2.88. The van der Waals surface area contributed by atoms with E-state index in [1.54, 1.807) is 36.4 Å². The minimum atomic E-state index is -3.89. The molecule has 35 heavy (non-hydrogen) atoms. The number of anilines is 1. The van der Waals surface area contributed by atoms with Crippen LogP contribution in [-0.2, 0) is 27.7 Å². The predicted octanol–water partition coefficient (Wildman–Crippen LogP) is 5.23. The van der Waals surface area contributed by atoms with Gasteiger partial charge in [-0.3, -0.25) is 9.10 Å².